The molecule has 0 aromatic rings. The summed E-state index contributed by atoms with van der Waals surface area (Å²) < 4.78 is 34.0. The van der Waals surface area contributed by atoms with Gasteiger partial charge >= 0.3 is 19.8 Å². The Morgan fingerprint density at radius 3 is 1.31 bits per heavy atom. The van der Waals surface area contributed by atoms with Crippen LogP contribution < -0.4 is 0 Å². The first kappa shape index (κ1) is 52.5. The molecule has 0 fully saturated rings. The van der Waals surface area contributed by atoms with Gasteiger partial charge in [0.25, 0.3) is 0 Å². The van der Waals surface area contributed by atoms with Crippen molar-refractivity contribution < 1.29 is 42.1 Å². The molecule has 2 atom stereocenters. The molecule has 0 rings (SSSR count). The number of phosphoric ester groups is 1. The molecule has 54 heavy (non-hydrogen) atoms. The number of allylic oxidation sites excluding steroid dienone is 2. The topological polar surface area (TPSA) is 108 Å². The third-order valence-corrected chi connectivity index (χ3v) is 10.6. The lowest BCUT2D eigenvalue weighted by molar-refractivity contribution is -0.870. The number of quaternary nitrogens is 1. The Balaban J connectivity index is 4.45. The largest absolute Gasteiger partial charge is 0.472 e. The maximum absolute atomic E-state index is 12.6. The van der Waals surface area contributed by atoms with Crippen LogP contribution in [0.25, 0.3) is 0 Å². The Kier molecular flexibility index (Phi) is 36.1. The Labute approximate surface area is 332 Å². The number of carbonyl (C=O) groups is 2. The maximum Gasteiger partial charge on any atom is 0.472 e. The van der Waals surface area contributed by atoms with Crippen molar-refractivity contribution in [1.82, 2.24) is 0 Å². The van der Waals surface area contributed by atoms with Crippen molar-refractivity contribution in [3.63, 3.8) is 0 Å². The van der Waals surface area contributed by atoms with Crippen LogP contribution in [0.3, 0.4) is 0 Å². The van der Waals surface area contributed by atoms with E-state index in [-0.39, 0.29) is 13.2 Å². The molecule has 0 heterocycles. The van der Waals surface area contributed by atoms with Crippen LogP contribution in [-0.4, -0.2) is 74.9 Å². The molecule has 0 radical (unpaired) electrons. The molecule has 9 nitrogen and oxygen atoms in total. The van der Waals surface area contributed by atoms with E-state index in [9.17, 15) is 19.0 Å². The second-order valence-electron chi connectivity index (χ2n) is 16.2. The molecule has 0 spiro atoms. The number of nitrogens with zero attached hydrogens (tertiary/aromatic N) is 1. The van der Waals surface area contributed by atoms with Crippen molar-refractivity contribution in [2.75, 3.05) is 47.5 Å². The number of carbonyl (C=O) groups excluding carboxylic acids is 2. The summed E-state index contributed by atoms with van der Waals surface area (Å²) in [5.74, 6) is -1.18. The summed E-state index contributed by atoms with van der Waals surface area (Å²) in [6, 6.07) is 0. The highest BCUT2D eigenvalue weighted by molar-refractivity contribution is 7.47. The van der Waals surface area contributed by atoms with E-state index in [1.165, 1.54) is 153 Å². The number of unbranched alkanes of at least 4 members (excludes halogenated alkanes) is 26. The van der Waals surface area contributed by atoms with Crippen LogP contribution in [0, 0.1) is 0 Å². The third-order valence-electron chi connectivity index (χ3n) is 9.59. The van der Waals surface area contributed by atoms with E-state index in [4.69, 9.17) is 18.5 Å². The van der Waals surface area contributed by atoms with Gasteiger partial charge in [-0.3, -0.25) is 9.05 Å². The number of hydrogen-bond donors (Lipinski definition) is 1. The van der Waals surface area contributed by atoms with Crippen LogP contribution >= 0.6 is 7.82 Å². The van der Waals surface area contributed by atoms with E-state index in [2.05, 4.69) is 13.8 Å². The zero-order valence-corrected chi connectivity index (χ0v) is 36.6. The van der Waals surface area contributed by atoms with E-state index < -0.39 is 32.5 Å². The second-order valence-corrected chi connectivity index (χ2v) is 17.6. The van der Waals surface area contributed by atoms with Gasteiger partial charge in [-0.15, -0.1) is 0 Å². The summed E-state index contributed by atoms with van der Waals surface area (Å²) in [6.07, 6.45) is 40.3. The summed E-state index contributed by atoms with van der Waals surface area (Å²) >= 11 is 0. The third kappa shape index (κ3) is 40.2. The summed E-state index contributed by atoms with van der Waals surface area (Å²) in [7, 11) is 1.43. The normalized spacial score (nSPS) is 13.8. The molecule has 0 aromatic heterocycles. The summed E-state index contributed by atoms with van der Waals surface area (Å²) in [4.78, 5) is 35.1. The van der Waals surface area contributed by atoms with Crippen molar-refractivity contribution in [3.05, 3.63) is 24.3 Å². The molecule has 0 aromatic carbocycles. The van der Waals surface area contributed by atoms with Gasteiger partial charge in [0.2, 0.25) is 0 Å². The smallest absolute Gasteiger partial charge is 0.458 e. The number of ether oxygens (including phenoxy) is 2. The van der Waals surface area contributed by atoms with Crippen LogP contribution in [0.1, 0.15) is 194 Å². The fourth-order valence-electron chi connectivity index (χ4n) is 6.11. The molecule has 0 amide bonds. The Morgan fingerprint density at radius 2 is 0.926 bits per heavy atom. The van der Waals surface area contributed by atoms with Gasteiger partial charge in [0.05, 0.1) is 27.7 Å². The first-order valence-electron chi connectivity index (χ1n) is 22.1. The standard InChI is InChI=1S/C44H84NO8P/c1-6-8-10-12-14-16-18-20-22-24-26-28-30-32-34-36-43(46)50-40-42(41-52-54(48,49)51-39-38-45(3,4)5)53-44(47)37-35-33-31-29-27-25-23-21-19-17-15-13-11-9-7-2/h34-37,42H,6-33,38-41H2,1-5H3/p+1/b36-34-,37-35-/t42-/m1/s1. The number of likely N-dealkylation sites (N-methyl/N-ethyl adjacent to an activating group) is 1. The molecule has 0 bridgehead atoms. The zero-order valence-electron chi connectivity index (χ0n) is 35.7. The molecule has 1 N–H and O–H groups in total. The van der Waals surface area contributed by atoms with E-state index in [0.29, 0.717) is 11.0 Å². The molecule has 1 unspecified atom stereocenters. The van der Waals surface area contributed by atoms with Crippen molar-refractivity contribution in [2.45, 2.75) is 200 Å². The maximum atomic E-state index is 12.6. The molecular formula is C44H85NO8P+. The van der Waals surface area contributed by atoms with Gasteiger partial charge in [-0.05, 0) is 25.7 Å². The Morgan fingerprint density at radius 1 is 0.556 bits per heavy atom. The molecule has 318 valence electrons. The molecule has 10 heteroatoms. The molecule has 0 aliphatic heterocycles. The van der Waals surface area contributed by atoms with Crippen molar-refractivity contribution in [2.24, 2.45) is 0 Å². The highest BCUT2D eigenvalue weighted by atomic mass is 31.2. The van der Waals surface area contributed by atoms with E-state index in [1.807, 2.05) is 21.1 Å². The SMILES string of the molecule is CCCCCCCCCCCCCCC/C=C\C(=O)OC[C@H](COP(=O)(O)OCC[N+](C)(C)C)OC(=O)/C=C\CCCCCCCCCCCCCCC. The van der Waals surface area contributed by atoms with Gasteiger partial charge in [0.15, 0.2) is 6.10 Å². The van der Waals surface area contributed by atoms with E-state index in [0.717, 1.165) is 38.5 Å². The lowest BCUT2D eigenvalue weighted by Crippen LogP contribution is -2.37. The molecule has 0 aliphatic carbocycles. The zero-order chi connectivity index (χ0) is 40.0. The predicted octanol–water partition coefficient (Wildman–Crippen LogP) is 12.4. The molecular weight excluding hydrogens is 701 g/mol. The van der Waals surface area contributed by atoms with Gasteiger partial charge in [-0.2, -0.15) is 0 Å². The van der Waals surface area contributed by atoms with Crippen molar-refractivity contribution in [3.8, 4) is 0 Å². The monoisotopic (exact) mass is 787 g/mol. The fourth-order valence-corrected chi connectivity index (χ4v) is 6.85. The first-order chi connectivity index (χ1) is 26.0. The average Bonchev–Trinajstić information content (AvgIpc) is 3.12. The van der Waals surface area contributed by atoms with Gasteiger partial charge in [0, 0.05) is 12.2 Å². The van der Waals surface area contributed by atoms with Gasteiger partial charge in [-0.25, -0.2) is 14.2 Å². The second kappa shape index (κ2) is 37.1. The fraction of sp³-hybridized carbons (Fsp3) is 0.864. The number of hydrogen-bond acceptors (Lipinski definition) is 7. The van der Waals surface area contributed by atoms with E-state index >= 15 is 0 Å². The van der Waals surface area contributed by atoms with Crippen molar-refractivity contribution >= 4 is 19.8 Å². The van der Waals surface area contributed by atoms with Crippen LogP contribution in [0.15, 0.2) is 24.3 Å². The predicted molar refractivity (Wildman–Crippen MR) is 224 cm³/mol. The lowest BCUT2D eigenvalue weighted by Gasteiger charge is -2.24. The first-order valence-corrected chi connectivity index (χ1v) is 23.6. The minimum absolute atomic E-state index is 0.0166. The van der Waals surface area contributed by atoms with Gasteiger partial charge in [0.1, 0.15) is 19.8 Å². The number of phosphoric acid groups is 1. The van der Waals surface area contributed by atoms with Gasteiger partial charge < -0.3 is 18.9 Å². The highest BCUT2D eigenvalue weighted by Gasteiger charge is 2.26. The summed E-state index contributed by atoms with van der Waals surface area (Å²) in [5, 5.41) is 0. The number of esters is 2. The number of rotatable bonds is 40. The van der Waals surface area contributed by atoms with Gasteiger partial charge in [-0.1, -0.05) is 180 Å². The van der Waals surface area contributed by atoms with Crippen molar-refractivity contribution in [1.29, 1.82) is 0 Å². The van der Waals surface area contributed by atoms with E-state index in [1.54, 1.807) is 12.2 Å². The quantitative estimate of drug-likeness (QED) is 0.0215. The summed E-state index contributed by atoms with van der Waals surface area (Å²) in [6.45, 7) is 4.27. The van der Waals surface area contributed by atoms with Crippen LogP contribution in [0.5, 0.6) is 0 Å². The Bertz CT molecular complexity index is 980. The van der Waals surface area contributed by atoms with Crippen LogP contribution in [0.2, 0.25) is 0 Å². The Hall–Kier alpha value is -1.51. The molecule has 0 saturated heterocycles. The van der Waals surface area contributed by atoms with Crippen LogP contribution in [-0.2, 0) is 32.7 Å². The average molecular weight is 787 g/mol. The van der Waals surface area contributed by atoms with Crippen LogP contribution in [0.4, 0.5) is 0 Å². The lowest BCUT2D eigenvalue weighted by atomic mass is 10.0. The highest BCUT2D eigenvalue weighted by Crippen LogP contribution is 2.43. The minimum Gasteiger partial charge on any atom is -0.458 e. The molecule has 0 aliphatic rings. The minimum atomic E-state index is -4.40. The summed E-state index contributed by atoms with van der Waals surface area (Å²) in [5.41, 5.74) is 0. The molecule has 0 saturated carbocycles.